The number of benzene rings is 6. The second kappa shape index (κ2) is 9.19. The van der Waals surface area contributed by atoms with Crippen LogP contribution in [0.25, 0.3) is 71.9 Å². The first-order valence-electron chi connectivity index (χ1n) is 14.5. The van der Waals surface area contributed by atoms with Crippen LogP contribution in [0, 0.1) is 0 Å². The maximum Gasteiger partial charge on any atom is 0.145 e. The Morgan fingerprint density at radius 1 is 0.571 bits per heavy atom. The van der Waals surface area contributed by atoms with E-state index in [0.717, 1.165) is 50.0 Å². The van der Waals surface area contributed by atoms with Crippen molar-refractivity contribution in [2.24, 2.45) is 0 Å². The Hall–Kier alpha value is -5.15. The highest BCUT2D eigenvalue weighted by molar-refractivity contribution is 6.11. The lowest BCUT2D eigenvalue weighted by atomic mass is 9.84. The third-order valence-electron chi connectivity index (χ3n) is 8.31. The molecular weight excluding hydrogens is 512 g/mol. The molecule has 0 radical (unpaired) electrons. The molecule has 3 nitrogen and oxygen atoms in total. The van der Waals surface area contributed by atoms with E-state index in [2.05, 4.69) is 153 Å². The lowest BCUT2D eigenvalue weighted by Crippen LogP contribution is -2.16. The Kier molecular flexibility index (Phi) is 5.39. The van der Waals surface area contributed by atoms with Crippen LogP contribution < -0.4 is 0 Å². The van der Waals surface area contributed by atoms with Crippen molar-refractivity contribution in [1.82, 2.24) is 9.55 Å². The van der Waals surface area contributed by atoms with Crippen molar-refractivity contribution in [2.45, 2.75) is 26.2 Å². The average molecular weight is 543 g/mol. The summed E-state index contributed by atoms with van der Waals surface area (Å²) in [6.07, 6.45) is 0. The normalized spacial score (nSPS) is 12.2. The van der Waals surface area contributed by atoms with Gasteiger partial charge in [-0.1, -0.05) is 93.6 Å². The predicted octanol–water partition coefficient (Wildman–Crippen LogP) is 10.7. The molecule has 0 unspecified atom stereocenters. The van der Waals surface area contributed by atoms with Crippen LogP contribution in [-0.2, 0) is 5.41 Å². The molecule has 8 rings (SSSR count). The van der Waals surface area contributed by atoms with E-state index in [1.54, 1.807) is 0 Å². The first-order valence-corrected chi connectivity index (χ1v) is 14.5. The number of nitrogens with zero attached hydrogens (tertiary/aromatic N) is 2. The monoisotopic (exact) mass is 542 g/mol. The molecule has 202 valence electrons. The fourth-order valence-corrected chi connectivity index (χ4v) is 6.21. The molecule has 2 heterocycles. The van der Waals surface area contributed by atoms with Gasteiger partial charge in [0.2, 0.25) is 0 Å². The summed E-state index contributed by atoms with van der Waals surface area (Å²) >= 11 is 0. The topological polar surface area (TPSA) is 31.0 Å². The maximum absolute atomic E-state index is 6.32. The van der Waals surface area contributed by atoms with E-state index >= 15 is 0 Å². The summed E-state index contributed by atoms with van der Waals surface area (Å²) in [5.41, 5.74) is 9.68. The molecule has 6 aromatic carbocycles. The standard InChI is InChI=1S/C39H30N2O/c1-39(2,3)32-23-28(25-11-5-4-6-12-25)17-19-34(32)41-35-16-10-9-15-33(35)40-38(41)29-18-20-36-30(22-29)31-21-26-13-7-8-14-27(26)24-37(31)42-36/h4-24H,1-3H3. The minimum Gasteiger partial charge on any atom is -0.456 e. The zero-order chi connectivity index (χ0) is 28.4. The van der Waals surface area contributed by atoms with Crippen LogP contribution in [0.1, 0.15) is 26.3 Å². The lowest BCUT2D eigenvalue weighted by molar-refractivity contribution is 0.587. The highest BCUT2D eigenvalue weighted by atomic mass is 16.3. The highest BCUT2D eigenvalue weighted by Crippen LogP contribution is 2.39. The maximum atomic E-state index is 6.32. The van der Waals surface area contributed by atoms with Crippen molar-refractivity contribution in [3.63, 3.8) is 0 Å². The number of aromatic nitrogens is 2. The molecule has 3 heteroatoms. The van der Waals surface area contributed by atoms with Gasteiger partial charge in [0.25, 0.3) is 0 Å². The Morgan fingerprint density at radius 2 is 1.26 bits per heavy atom. The van der Waals surface area contributed by atoms with Crippen LogP contribution in [0.15, 0.2) is 132 Å². The molecule has 0 saturated heterocycles. The summed E-state index contributed by atoms with van der Waals surface area (Å²) in [7, 11) is 0. The van der Waals surface area contributed by atoms with Gasteiger partial charge in [0.1, 0.15) is 17.0 Å². The van der Waals surface area contributed by atoms with Crippen LogP contribution in [0.4, 0.5) is 0 Å². The molecule has 0 spiro atoms. The number of hydrogen-bond donors (Lipinski definition) is 0. The molecule has 0 atom stereocenters. The van der Waals surface area contributed by atoms with E-state index in [-0.39, 0.29) is 5.41 Å². The molecule has 0 aliphatic carbocycles. The molecule has 0 fully saturated rings. The van der Waals surface area contributed by atoms with Crippen molar-refractivity contribution in [1.29, 1.82) is 0 Å². The predicted molar refractivity (Wildman–Crippen MR) is 175 cm³/mol. The smallest absolute Gasteiger partial charge is 0.145 e. The van der Waals surface area contributed by atoms with E-state index in [1.165, 1.54) is 27.5 Å². The summed E-state index contributed by atoms with van der Waals surface area (Å²) in [6, 6.07) is 45.2. The zero-order valence-electron chi connectivity index (χ0n) is 23.9. The van der Waals surface area contributed by atoms with Crippen LogP contribution >= 0.6 is 0 Å². The van der Waals surface area contributed by atoms with Gasteiger partial charge in [-0.3, -0.25) is 4.57 Å². The van der Waals surface area contributed by atoms with Crippen LogP contribution in [0.3, 0.4) is 0 Å². The third-order valence-corrected chi connectivity index (χ3v) is 8.31. The fraction of sp³-hybridized carbons (Fsp3) is 0.103. The first-order chi connectivity index (χ1) is 20.4. The summed E-state index contributed by atoms with van der Waals surface area (Å²) in [5.74, 6) is 0.922. The molecule has 0 saturated carbocycles. The molecule has 0 aliphatic heterocycles. The summed E-state index contributed by atoms with van der Waals surface area (Å²) in [5, 5.41) is 4.61. The van der Waals surface area contributed by atoms with Gasteiger partial charge in [-0.2, -0.15) is 0 Å². The van der Waals surface area contributed by atoms with Crippen molar-refractivity contribution in [2.75, 3.05) is 0 Å². The second-order valence-corrected chi connectivity index (χ2v) is 12.1. The van der Waals surface area contributed by atoms with Gasteiger partial charge in [0.05, 0.1) is 16.7 Å². The van der Waals surface area contributed by atoms with E-state index in [9.17, 15) is 0 Å². The summed E-state index contributed by atoms with van der Waals surface area (Å²) < 4.78 is 8.65. The second-order valence-electron chi connectivity index (χ2n) is 12.1. The number of imidazole rings is 1. The molecule has 0 aliphatic rings. The largest absolute Gasteiger partial charge is 0.456 e. The quantitative estimate of drug-likeness (QED) is 0.222. The number of furan rings is 1. The SMILES string of the molecule is CC(C)(C)c1cc(-c2ccccc2)ccc1-n1c(-c2ccc3oc4cc5ccccc5cc4c3c2)nc2ccccc21. The Labute approximate surface area is 244 Å². The van der Waals surface area contributed by atoms with E-state index in [0.29, 0.717) is 0 Å². The lowest BCUT2D eigenvalue weighted by Gasteiger charge is -2.25. The molecule has 0 bridgehead atoms. The van der Waals surface area contributed by atoms with Gasteiger partial charge in [-0.25, -0.2) is 4.98 Å². The van der Waals surface area contributed by atoms with E-state index in [1.807, 2.05) is 0 Å². The summed E-state index contributed by atoms with van der Waals surface area (Å²) in [6.45, 7) is 6.86. The van der Waals surface area contributed by atoms with Crippen LogP contribution in [0.2, 0.25) is 0 Å². The van der Waals surface area contributed by atoms with Crippen molar-refractivity contribution < 1.29 is 4.42 Å². The van der Waals surface area contributed by atoms with Crippen molar-refractivity contribution in [3.05, 3.63) is 133 Å². The first kappa shape index (κ1) is 24.6. The number of fused-ring (bicyclic) bond motifs is 5. The Bertz CT molecular complexity index is 2280. The van der Waals surface area contributed by atoms with Crippen LogP contribution in [0.5, 0.6) is 0 Å². The fourth-order valence-electron chi connectivity index (χ4n) is 6.21. The van der Waals surface area contributed by atoms with Gasteiger partial charge in [-0.15, -0.1) is 0 Å². The zero-order valence-corrected chi connectivity index (χ0v) is 23.9. The minimum absolute atomic E-state index is 0.0888. The molecule has 0 N–H and O–H groups in total. The number of hydrogen-bond acceptors (Lipinski definition) is 2. The van der Waals surface area contributed by atoms with Gasteiger partial charge >= 0.3 is 0 Å². The molecular formula is C39H30N2O. The molecule has 0 amide bonds. The molecule has 8 aromatic rings. The van der Waals surface area contributed by atoms with Gasteiger partial charge in [0.15, 0.2) is 0 Å². The molecule has 2 aromatic heterocycles. The Morgan fingerprint density at radius 3 is 2.07 bits per heavy atom. The van der Waals surface area contributed by atoms with Crippen molar-refractivity contribution >= 4 is 43.7 Å². The van der Waals surface area contributed by atoms with E-state index < -0.39 is 0 Å². The number of rotatable bonds is 3. The minimum atomic E-state index is -0.0888. The van der Waals surface area contributed by atoms with Crippen LogP contribution in [-0.4, -0.2) is 9.55 Å². The van der Waals surface area contributed by atoms with Crippen molar-refractivity contribution in [3.8, 4) is 28.2 Å². The number of para-hydroxylation sites is 2. The Balaban J connectivity index is 1.38. The highest BCUT2D eigenvalue weighted by Gasteiger charge is 2.24. The van der Waals surface area contributed by atoms with E-state index in [4.69, 9.17) is 9.40 Å². The third kappa shape index (κ3) is 3.93. The summed E-state index contributed by atoms with van der Waals surface area (Å²) in [4.78, 5) is 5.22. The van der Waals surface area contributed by atoms with Gasteiger partial charge < -0.3 is 4.42 Å². The van der Waals surface area contributed by atoms with Gasteiger partial charge in [0, 0.05) is 16.3 Å². The van der Waals surface area contributed by atoms with Gasteiger partial charge in [-0.05, 0) is 87.5 Å². The molecule has 42 heavy (non-hydrogen) atoms. The average Bonchev–Trinajstić information content (AvgIpc) is 3.57.